The van der Waals surface area contributed by atoms with Crippen molar-refractivity contribution in [1.82, 2.24) is 5.32 Å². The van der Waals surface area contributed by atoms with Gasteiger partial charge in [0, 0.05) is 11.1 Å². The number of carbonyl (C=O) groups is 2. The number of esters is 1. The predicted molar refractivity (Wildman–Crippen MR) is 133 cm³/mol. The molecule has 13 heteroatoms. The molecule has 0 saturated carbocycles. The first-order chi connectivity index (χ1) is 16.4. The van der Waals surface area contributed by atoms with E-state index in [1.54, 1.807) is 0 Å². The summed E-state index contributed by atoms with van der Waals surface area (Å²) >= 11 is 12.1. The van der Waals surface area contributed by atoms with E-state index in [2.05, 4.69) is 11.9 Å². The number of anilines is 1. The van der Waals surface area contributed by atoms with Gasteiger partial charge in [-0.05, 0) is 48.9 Å². The van der Waals surface area contributed by atoms with Gasteiger partial charge < -0.3 is 10.1 Å². The van der Waals surface area contributed by atoms with Gasteiger partial charge in [0.15, 0.2) is 16.4 Å². The van der Waals surface area contributed by atoms with Crippen molar-refractivity contribution in [3.8, 4) is 0 Å². The van der Waals surface area contributed by atoms with Crippen LogP contribution in [0, 0.1) is 0 Å². The normalized spacial score (nSPS) is 16.9. The van der Waals surface area contributed by atoms with Gasteiger partial charge in [-0.25, -0.2) is 21.6 Å². The lowest BCUT2D eigenvalue weighted by atomic mass is 10.2. The van der Waals surface area contributed by atoms with Gasteiger partial charge in [-0.2, -0.15) is 0 Å². The van der Waals surface area contributed by atoms with Crippen molar-refractivity contribution in [3.05, 3.63) is 70.7 Å². The van der Waals surface area contributed by atoms with Crippen LogP contribution in [0.15, 0.2) is 60.0 Å². The first-order valence-corrected chi connectivity index (χ1v) is 14.3. The number of nitrogens with one attached hydrogen (secondary N) is 1. The Morgan fingerprint density at radius 2 is 1.86 bits per heavy atom. The van der Waals surface area contributed by atoms with E-state index in [9.17, 15) is 26.4 Å². The van der Waals surface area contributed by atoms with Gasteiger partial charge >= 0.3 is 5.97 Å². The quantitative estimate of drug-likeness (QED) is 0.369. The van der Waals surface area contributed by atoms with Crippen LogP contribution < -0.4 is 9.62 Å². The van der Waals surface area contributed by atoms with E-state index in [-0.39, 0.29) is 40.0 Å². The summed E-state index contributed by atoms with van der Waals surface area (Å²) in [7, 11) is -7.41. The molecule has 0 aliphatic carbocycles. The molecule has 0 spiro atoms. The van der Waals surface area contributed by atoms with Crippen LogP contribution in [0.4, 0.5) is 5.69 Å². The number of rotatable bonds is 9. The zero-order valence-electron chi connectivity index (χ0n) is 18.3. The van der Waals surface area contributed by atoms with E-state index in [4.69, 9.17) is 27.9 Å². The molecule has 3 rings (SSSR count). The van der Waals surface area contributed by atoms with Crippen molar-refractivity contribution in [1.29, 1.82) is 0 Å². The molecule has 0 aromatic heterocycles. The summed E-state index contributed by atoms with van der Waals surface area (Å²) in [5.41, 5.74) is 0.169. The van der Waals surface area contributed by atoms with Crippen LogP contribution in [0.3, 0.4) is 0 Å². The summed E-state index contributed by atoms with van der Waals surface area (Å²) in [6, 6.07) is 9.13. The monoisotopic (exact) mass is 560 g/mol. The Kier molecular flexibility index (Phi) is 8.47. The second-order valence-electron chi connectivity index (χ2n) is 7.69. The van der Waals surface area contributed by atoms with Gasteiger partial charge in [0.2, 0.25) is 0 Å². The van der Waals surface area contributed by atoms with Crippen molar-refractivity contribution < 1.29 is 31.2 Å². The van der Waals surface area contributed by atoms with Crippen LogP contribution in [-0.4, -0.2) is 59.4 Å². The van der Waals surface area contributed by atoms with Gasteiger partial charge in [0.05, 0.1) is 34.3 Å². The summed E-state index contributed by atoms with van der Waals surface area (Å²) in [6.45, 7) is 2.86. The average molecular weight is 561 g/mol. The minimum atomic E-state index is -4.23. The average Bonchev–Trinajstić information content (AvgIpc) is 3.14. The molecular formula is C22H22Cl2N2O7S2. The lowest BCUT2D eigenvalue weighted by Crippen LogP contribution is -2.38. The van der Waals surface area contributed by atoms with Crippen molar-refractivity contribution >= 4 is 60.6 Å². The van der Waals surface area contributed by atoms with E-state index in [0.717, 1.165) is 10.4 Å². The maximum atomic E-state index is 13.4. The Hall–Kier alpha value is -2.60. The molecule has 1 saturated heterocycles. The summed E-state index contributed by atoms with van der Waals surface area (Å²) in [5.74, 6) is -1.80. The minimum absolute atomic E-state index is 0.0152. The Labute approximate surface area is 213 Å². The van der Waals surface area contributed by atoms with Crippen molar-refractivity contribution in [3.63, 3.8) is 0 Å². The van der Waals surface area contributed by atoms with Crippen LogP contribution in [0.5, 0.6) is 0 Å². The molecule has 0 radical (unpaired) electrons. The zero-order chi connectivity index (χ0) is 25.8. The number of carbonyl (C=O) groups excluding carboxylic acids is 2. The third kappa shape index (κ3) is 6.75. The number of ether oxygens (including phenoxy) is 1. The van der Waals surface area contributed by atoms with E-state index in [1.807, 2.05) is 0 Å². The largest absolute Gasteiger partial charge is 0.452 e. The fourth-order valence-electron chi connectivity index (χ4n) is 3.41. The van der Waals surface area contributed by atoms with Gasteiger partial charge in [-0.1, -0.05) is 29.3 Å². The number of halogens is 2. The molecule has 0 unspecified atom stereocenters. The topological polar surface area (TPSA) is 127 Å². The van der Waals surface area contributed by atoms with E-state index in [1.165, 1.54) is 42.5 Å². The van der Waals surface area contributed by atoms with Crippen LogP contribution in [-0.2, 0) is 29.4 Å². The van der Waals surface area contributed by atoms with Crippen LogP contribution in [0.1, 0.15) is 16.8 Å². The lowest BCUT2D eigenvalue weighted by Gasteiger charge is -2.24. The standard InChI is InChI=1S/C22H22Cl2N2O7S2/c1-2-10-26(18-6-4-16(23)5-7-18)35(31,32)20-12-15(3-8-19(20)24)22(28)33-13-21(27)25-17-9-11-34(29,30)14-17/h2-8,12,17H,1,9-11,13-14H2,(H,25,27)/t17-/m0/s1. The Morgan fingerprint density at radius 3 is 2.46 bits per heavy atom. The molecule has 0 bridgehead atoms. The van der Waals surface area contributed by atoms with Crippen molar-refractivity contribution in [2.24, 2.45) is 0 Å². The van der Waals surface area contributed by atoms with Crippen LogP contribution >= 0.6 is 23.2 Å². The fraction of sp³-hybridized carbons (Fsp3) is 0.273. The van der Waals surface area contributed by atoms with Crippen molar-refractivity contribution in [2.75, 3.05) is 29.0 Å². The highest BCUT2D eigenvalue weighted by Crippen LogP contribution is 2.30. The summed E-state index contributed by atoms with van der Waals surface area (Å²) < 4.78 is 55.8. The zero-order valence-corrected chi connectivity index (χ0v) is 21.5. The highest BCUT2D eigenvalue weighted by atomic mass is 35.5. The molecule has 1 heterocycles. The molecule has 1 aliphatic rings. The van der Waals surface area contributed by atoms with E-state index in [0.29, 0.717) is 10.7 Å². The lowest BCUT2D eigenvalue weighted by molar-refractivity contribution is -0.124. The van der Waals surface area contributed by atoms with Gasteiger partial charge in [0.25, 0.3) is 15.9 Å². The highest BCUT2D eigenvalue weighted by Gasteiger charge is 2.30. The minimum Gasteiger partial charge on any atom is -0.452 e. The molecule has 188 valence electrons. The Bertz CT molecular complexity index is 1340. The summed E-state index contributed by atoms with van der Waals surface area (Å²) in [5, 5.41) is 2.80. The van der Waals surface area contributed by atoms with Crippen molar-refractivity contribution in [2.45, 2.75) is 17.4 Å². The molecule has 35 heavy (non-hydrogen) atoms. The molecule has 1 amide bonds. The van der Waals surface area contributed by atoms with Gasteiger partial charge in [-0.15, -0.1) is 6.58 Å². The van der Waals surface area contributed by atoms with Gasteiger partial charge in [-0.3, -0.25) is 9.10 Å². The van der Waals surface area contributed by atoms with E-state index >= 15 is 0 Å². The molecule has 1 N–H and O–H groups in total. The Balaban J connectivity index is 1.76. The summed E-state index contributed by atoms with van der Waals surface area (Å²) in [6.07, 6.45) is 1.68. The third-order valence-corrected chi connectivity index (χ3v) is 9.37. The molecule has 1 aliphatic heterocycles. The van der Waals surface area contributed by atoms with Crippen LogP contribution in [0.25, 0.3) is 0 Å². The number of benzene rings is 2. The maximum Gasteiger partial charge on any atom is 0.338 e. The number of hydrogen-bond acceptors (Lipinski definition) is 7. The predicted octanol–water partition coefficient (Wildman–Crippen LogP) is 2.83. The first kappa shape index (κ1) is 27.0. The molecule has 2 aromatic rings. The number of hydrogen-bond donors (Lipinski definition) is 1. The molecule has 1 atom stereocenters. The highest BCUT2D eigenvalue weighted by molar-refractivity contribution is 7.93. The molecule has 9 nitrogen and oxygen atoms in total. The first-order valence-electron chi connectivity index (χ1n) is 10.3. The van der Waals surface area contributed by atoms with Crippen LogP contribution in [0.2, 0.25) is 10.0 Å². The number of amides is 1. The molecular weight excluding hydrogens is 539 g/mol. The number of sulfonamides is 1. The summed E-state index contributed by atoms with van der Waals surface area (Å²) in [4.78, 5) is 24.2. The second-order valence-corrected chi connectivity index (χ2v) is 12.6. The molecule has 2 aromatic carbocycles. The maximum absolute atomic E-state index is 13.4. The van der Waals surface area contributed by atoms with E-state index < -0.39 is 44.4 Å². The fourth-order valence-corrected chi connectivity index (χ4v) is 7.14. The molecule has 1 fully saturated rings. The Morgan fingerprint density at radius 1 is 1.17 bits per heavy atom. The number of nitrogens with zero attached hydrogens (tertiary/aromatic N) is 1. The number of sulfone groups is 1. The third-order valence-electron chi connectivity index (χ3n) is 5.08. The second kappa shape index (κ2) is 11.0. The SMILES string of the molecule is C=CCN(c1ccc(Cl)cc1)S(=O)(=O)c1cc(C(=O)OCC(=O)N[C@H]2CCS(=O)(=O)C2)ccc1Cl. The van der Waals surface area contributed by atoms with Gasteiger partial charge in [0.1, 0.15) is 4.90 Å². The smallest absolute Gasteiger partial charge is 0.338 e.